The molecule has 0 aliphatic carbocycles. The Bertz CT molecular complexity index is 846. The van der Waals surface area contributed by atoms with Crippen LogP contribution in [0.4, 0.5) is 5.00 Å². The molecule has 0 bridgehead atoms. The van der Waals surface area contributed by atoms with Crippen molar-refractivity contribution in [3.05, 3.63) is 50.9 Å². The Morgan fingerprint density at radius 3 is 2.44 bits per heavy atom. The van der Waals surface area contributed by atoms with Gasteiger partial charge in [-0.3, -0.25) is 9.59 Å². The fraction of sp³-hybridized carbons (Fsp3) is 0.316. The Hall–Kier alpha value is -2.38. The van der Waals surface area contributed by atoms with Crippen LogP contribution in [-0.2, 0) is 16.0 Å². The predicted octanol–water partition coefficient (Wildman–Crippen LogP) is 3.82. The molecule has 2 N–H and O–H groups in total. The summed E-state index contributed by atoms with van der Waals surface area (Å²) in [4.78, 5) is 37.3. The third-order valence-electron chi connectivity index (χ3n) is 3.81. The Kier molecular flexibility index (Phi) is 7.38. The molecule has 0 atom stereocenters. The van der Waals surface area contributed by atoms with E-state index in [9.17, 15) is 14.4 Å². The minimum absolute atomic E-state index is 0.117. The maximum atomic E-state index is 12.4. The van der Waals surface area contributed by atoms with Crippen molar-refractivity contribution in [2.75, 3.05) is 19.0 Å². The fourth-order valence-electron chi connectivity index (χ4n) is 2.44. The number of hydrogen-bond donors (Lipinski definition) is 2. The van der Waals surface area contributed by atoms with Crippen molar-refractivity contribution in [2.24, 2.45) is 0 Å². The average molecular weight is 409 g/mol. The molecule has 0 saturated carbocycles. The van der Waals surface area contributed by atoms with Crippen LogP contribution in [-0.4, -0.2) is 31.4 Å². The third kappa shape index (κ3) is 5.30. The molecule has 0 fully saturated rings. The summed E-state index contributed by atoms with van der Waals surface area (Å²) in [7, 11) is 1.26. The first-order valence-corrected chi connectivity index (χ1v) is 9.61. The van der Waals surface area contributed by atoms with Gasteiger partial charge in [-0.25, -0.2) is 4.79 Å². The van der Waals surface area contributed by atoms with Crippen molar-refractivity contribution >= 4 is 45.7 Å². The van der Waals surface area contributed by atoms with Crippen LogP contribution in [0.15, 0.2) is 24.3 Å². The molecule has 27 heavy (non-hydrogen) atoms. The van der Waals surface area contributed by atoms with Crippen molar-refractivity contribution in [1.82, 2.24) is 5.32 Å². The number of hydrogen-bond acceptors (Lipinski definition) is 5. The number of halogens is 1. The highest BCUT2D eigenvalue weighted by atomic mass is 35.5. The predicted molar refractivity (Wildman–Crippen MR) is 107 cm³/mol. The van der Waals surface area contributed by atoms with Gasteiger partial charge in [-0.2, -0.15) is 0 Å². The molecule has 2 rings (SSSR count). The lowest BCUT2D eigenvalue weighted by Gasteiger charge is -2.06. The average Bonchev–Trinajstić information content (AvgIpc) is 2.97. The molecular weight excluding hydrogens is 388 g/mol. The fourth-order valence-corrected chi connectivity index (χ4v) is 3.70. The number of ether oxygens (including phenoxy) is 1. The van der Waals surface area contributed by atoms with E-state index in [-0.39, 0.29) is 23.8 Å². The van der Waals surface area contributed by atoms with Crippen molar-refractivity contribution in [3.8, 4) is 0 Å². The molecule has 2 aromatic rings. The molecule has 0 spiro atoms. The van der Waals surface area contributed by atoms with Crippen molar-refractivity contribution in [3.63, 3.8) is 0 Å². The van der Waals surface area contributed by atoms with E-state index in [1.807, 2.05) is 6.92 Å². The van der Waals surface area contributed by atoms with E-state index in [4.69, 9.17) is 16.3 Å². The first-order valence-electron chi connectivity index (χ1n) is 8.41. The number of carbonyl (C=O) groups is 3. The maximum absolute atomic E-state index is 12.4. The quantitative estimate of drug-likeness (QED) is 0.682. The van der Waals surface area contributed by atoms with E-state index in [1.165, 1.54) is 7.11 Å². The summed E-state index contributed by atoms with van der Waals surface area (Å²) in [6.07, 6.45) is 0.913. The Labute approximate surface area is 166 Å². The molecule has 8 heteroatoms. The van der Waals surface area contributed by atoms with Crippen LogP contribution in [0.2, 0.25) is 5.02 Å². The van der Waals surface area contributed by atoms with Gasteiger partial charge < -0.3 is 15.4 Å². The van der Waals surface area contributed by atoms with Crippen LogP contribution in [0.1, 0.15) is 44.5 Å². The molecule has 0 aliphatic rings. The second-order valence-corrected chi connectivity index (χ2v) is 7.32. The molecule has 0 unspecified atom stereocenters. The van der Waals surface area contributed by atoms with Crippen molar-refractivity contribution < 1.29 is 19.1 Å². The molecule has 1 aromatic carbocycles. The summed E-state index contributed by atoms with van der Waals surface area (Å²) in [5, 5.41) is 6.40. The third-order valence-corrected chi connectivity index (χ3v) is 5.27. The van der Waals surface area contributed by atoms with Crippen LogP contribution >= 0.6 is 22.9 Å². The molecule has 1 heterocycles. The Morgan fingerprint density at radius 2 is 1.85 bits per heavy atom. The normalized spacial score (nSPS) is 10.4. The second kappa shape index (κ2) is 9.53. The van der Waals surface area contributed by atoms with E-state index < -0.39 is 5.97 Å². The summed E-state index contributed by atoms with van der Waals surface area (Å²) in [6, 6.07) is 6.92. The van der Waals surface area contributed by atoms with Crippen LogP contribution in [0.25, 0.3) is 0 Å². The van der Waals surface area contributed by atoms with Crippen molar-refractivity contribution in [1.29, 1.82) is 0 Å². The lowest BCUT2D eigenvalue weighted by atomic mass is 10.1. The van der Waals surface area contributed by atoms with Crippen LogP contribution in [0.5, 0.6) is 0 Å². The number of esters is 1. The van der Waals surface area contributed by atoms with E-state index >= 15 is 0 Å². The standard InChI is InChI=1S/C19H21ClN2O4S/c1-4-9-21-17(24)16-11(2)15(19(25)26-3)18(27-16)22-14(23)10-12-5-7-13(20)8-6-12/h5-8H,4,9-10H2,1-3H3,(H,21,24)(H,22,23). The highest BCUT2D eigenvalue weighted by molar-refractivity contribution is 7.18. The summed E-state index contributed by atoms with van der Waals surface area (Å²) in [5.74, 6) is -1.17. The lowest BCUT2D eigenvalue weighted by molar-refractivity contribution is -0.115. The van der Waals surface area contributed by atoms with Gasteiger partial charge in [-0.15, -0.1) is 11.3 Å². The zero-order valence-electron chi connectivity index (χ0n) is 15.3. The molecule has 2 amide bonds. The first-order chi connectivity index (χ1) is 12.9. The van der Waals surface area contributed by atoms with E-state index in [2.05, 4.69) is 10.6 Å². The molecule has 0 saturated heterocycles. The lowest BCUT2D eigenvalue weighted by Crippen LogP contribution is -2.23. The topological polar surface area (TPSA) is 84.5 Å². The van der Waals surface area contributed by atoms with Gasteiger partial charge in [0.05, 0.1) is 24.0 Å². The number of carbonyl (C=O) groups excluding carboxylic acids is 3. The molecular formula is C19H21ClN2O4S. The molecule has 6 nitrogen and oxygen atoms in total. The molecule has 144 valence electrons. The van der Waals surface area contributed by atoms with Gasteiger partial charge in [0, 0.05) is 11.6 Å². The summed E-state index contributed by atoms with van der Waals surface area (Å²) < 4.78 is 4.82. The smallest absolute Gasteiger partial charge is 0.341 e. The van der Waals surface area contributed by atoms with Gasteiger partial charge in [-0.1, -0.05) is 30.7 Å². The van der Waals surface area contributed by atoms with Crippen LogP contribution in [0.3, 0.4) is 0 Å². The highest BCUT2D eigenvalue weighted by Gasteiger charge is 2.26. The summed E-state index contributed by atoms with van der Waals surface area (Å²) in [5.41, 5.74) is 1.47. The zero-order chi connectivity index (χ0) is 20.0. The van der Waals surface area contributed by atoms with Gasteiger partial charge in [0.1, 0.15) is 5.00 Å². The number of methoxy groups -OCH3 is 1. The summed E-state index contributed by atoms with van der Waals surface area (Å²) >= 11 is 6.91. The molecule has 0 radical (unpaired) electrons. The number of rotatable bonds is 7. The SMILES string of the molecule is CCCNC(=O)c1sc(NC(=O)Cc2ccc(Cl)cc2)c(C(=O)OC)c1C. The largest absolute Gasteiger partial charge is 0.465 e. The van der Waals surface area contributed by atoms with Gasteiger partial charge in [-0.05, 0) is 36.6 Å². The van der Waals surface area contributed by atoms with Crippen LogP contribution in [0, 0.1) is 6.92 Å². The van der Waals surface area contributed by atoms with Gasteiger partial charge in [0.25, 0.3) is 5.91 Å². The highest BCUT2D eigenvalue weighted by Crippen LogP contribution is 2.33. The number of nitrogens with one attached hydrogen (secondary N) is 2. The zero-order valence-corrected chi connectivity index (χ0v) is 16.9. The monoisotopic (exact) mass is 408 g/mol. The molecule has 1 aromatic heterocycles. The minimum Gasteiger partial charge on any atom is -0.465 e. The Morgan fingerprint density at radius 1 is 1.19 bits per heavy atom. The minimum atomic E-state index is -0.597. The number of anilines is 1. The first kappa shape index (κ1) is 20.9. The number of amides is 2. The van der Waals surface area contributed by atoms with E-state index in [0.29, 0.717) is 27.0 Å². The number of benzene rings is 1. The summed E-state index contributed by atoms with van der Waals surface area (Å²) in [6.45, 7) is 4.14. The van der Waals surface area contributed by atoms with Crippen LogP contribution < -0.4 is 10.6 Å². The van der Waals surface area contributed by atoms with E-state index in [1.54, 1.807) is 31.2 Å². The van der Waals surface area contributed by atoms with Gasteiger partial charge >= 0.3 is 5.97 Å². The molecule has 0 aliphatic heterocycles. The van der Waals surface area contributed by atoms with Gasteiger partial charge in [0.2, 0.25) is 5.91 Å². The number of thiophene rings is 1. The van der Waals surface area contributed by atoms with Gasteiger partial charge in [0.15, 0.2) is 0 Å². The van der Waals surface area contributed by atoms with Crippen molar-refractivity contribution in [2.45, 2.75) is 26.7 Å². The maximum Gasteiger partial charge on any atom is 0.341 e. The van der Waals surface area contributed by atoms with E-state index in [0.717, 1.165) is 23.3 Å². The Balaban J connectivity index is 2.25. The second-order valence-electron chi connectivity index (χ2n) is 5.86.